The van der Waals surface area contributed by atoms with Gasteiger partial charge >= 0.3 is 5.97 Å². The van der Waals surface area contributed by atoms with E-state index in [1.54, 1.807) is 32.1 Å². The number of fused-ring (bicyclic) bond motifs is 5. The number of hydrogen-bond donors (Lipinski definition) is 1. The van der Waals surface area contributed by atoms with E-state index < -0.39 is 5.97 Å². The van der Waals surface area contributed by atoms with Gasteiger partial charge in [-0.1, -0.05) is 25.2 Å². The lowest BCUT2D eigenvalue weighted by atomic mass is 9.39. The van der Waals surface area contributed by atoms with E-state index in [4.69, 9.17) is 5.11 Å². The van der Waals surface area contributed by atoms with Crippen molar-refractivity contribution < 1.29 is 9.90 Å². The lowest BCUT2D eigenvalue weighted by Gasteiger charge is -2.65. The topological polar surface area (TPSA) is 37.3 Å². The average molecular weight is 381 g/mol. The van der Waals surface area contributed by atoms with Gasteiger partial charge in [0.2, 0.25) is 0 Å². The summed E-state index contributed by atoms with van der Waals surface area (Å²) in [4.78, 5) is 10.5. The van der Waals surface area contributed by atoms with Gasteiger partial charge in [-0.15, -0.1) is 0 Å². The Hall–Kier alpha value is -1.05. The minimum absolute atomic E-state index is 0.391. The van der Waals surface area contributed by atoms with Crippen LogP contribution < -0.4 is 0 Å². The van der Waals surface area contributed by atoms with Crippen LogP contribution in [0.1, 0.15) is 77.6 Å². The minimum atomic E-state index is -0.702. The van der Waals surface area contributed by atoms with E-state index in [1.165, 1.54) is 25.7 Å². The second-order valence-corrected chi connectivity index (χ2v) is 11.8. The number of carboxylic acids is 1. The fourth-order valence-electron chi connectivity index (χ4n) is 9.48. The summed E-state index contributed by atoms with van der Waals surface area (Å²) in [7, 11) is 0. The third-order valence-electron chi connectivity index (χ3n) is 10.8. The highest BCUT2D eigenvalue weighted by atomic mass is 16.4. The molecule has 0 amide bonds. The van der Waals surface area contributed by atoms with Crippen LogP contribution in [0.4, 0.5) is 0 Å². The Morgan fingerprint density at radius 2 is 1.68 bits per heavy atom. The molecule has 152 valence electrons. The highest BCUT2D eigenvalue weighted by Gasteiger charge is 2.64. The standard InChI is InChI=1S/C18H26.C8H10O2/c1-17(18-4-2-12(11-18)3-5-18)15-7-13-6-14(9-15)10-16(17)8-13;9-8(10)7-4-5-1-2-6(7)3-5/h2,4,12-16H,3,5-11H2,1H3;4-6H,1-3H2,(H,9,10). The maximum absolute atomic E-state index is 10.5. The lowest BCUT2D eigenvalue weighted by molar-refractivity contribution is -0.151. The SMILES string of the molecule is CC1(C23C=CC(CC2)C3)C2CC3CC(C2)CC1C3.O=C(O)C1=CC2CCC1C2. The van der Waals surface area contributed by atoms with Gasteiger partial charge in [-0.05, 0) is 123 Å². The maximum atomic E-state index is 10.5. The predicted molar refractivity (Wildman–Crippen MR) is 111 cm³/mol. The van der Waals surface area contributed by atoms with Crippen molar-refractivity contribution in [2.45, 2.75) is 77.6 Å². The van der Waals surface area contributed by atoms with Gasteiger partial charge in [0.15, 0.2) is 0 Å². The fraction of sp³-hybridized carbons (Fsp3) is 0.808. The van der Waals surface area contributed by atoms with Crippen molar-refractivity contribution in [3.8, 4) is 0 Å². The van der Waals surface area contributed by atoms with Crippen molar-refractivity contribution in [3.63, 3.8) is 0 Å². The quantitative estimate of drug-likeness (QED) is 0.576. The van der Waals surface area contributed by atoms with Crippen molar-refractivity contribution in [1.29, 1.82) is 0 Å². The molecule has 6 saturated carbocycles. The third kappa shape index (κ3) is 2.36. The predicted octanol–water partition coefficient (Wildman–Crippen LogP) is 6.23. The molecule has 0 saturated heterocycles. The summed E-state index contributed by atoms with van der Waals surface area (Å²) in [5.74, 6) is 5.65. The van der Waals surface area contributed by atoms with Crippen molar-refractivity contribution in [1.82, 2.24) is 0 Å². The Morgan fingerprint density at radius 3 is 2.07 bits per heavy atom. The fourth-order valence-corrected chi connectivity index (χ4v) is 9.48. The van der Waals surface area contributed by atoms with Gasteiger partial charge < -0.3 is 5.11 Å². The molecule has 2 nitrogen and oxygen atoms in total. The first-order chi connectivity index (χ1) is 13.5. The molecule has 8 aliphatic rings. The molecular formula is C26H36O2. The summed E-state index contributed by atoms with van der Waals surface area (Å²) in [6.45, 7) is 2.72. The van der Waals surface area contributed by atoms with E-state index in [9.17, 15) is 4.79 Å². The maximum Gasteiger partial charge on any atom is 0.331 e. The Labute approximate surface area is 169 Å². The van der Waals surface area contributed by atoms with Gasteiger partial charge in [-0.3, -0.25) is 0 Å². The lowest BCUT2D eigenvalue weighted by Crippen LogP contribution is -2.57. The zero-order chi connectivity index (χ0) is 19.1. The van der Waals surface area contributed by atoms with E-state index >= 15 is 0 Å². The highest BCUT2D eigenvalue weighted by Crippen LogP contribution is 2.72. The average Bonchev–Trinajstić information content (AvgIpc) is 3.46. The van der Waals surface area contributed by atoms with Gasteiger partial charge in [-0.2, -0.15) is 0 Å². The summed E-state index contributed by atoms with van der Waals surface area (Å²) in [6, 6.07) is 0. The second-order valence-electron chi connectivity index (χ2n) is 11.8. The van der Waals surface area contributed by atoms with Crippen molar-refractivity contribution in [3.05, 3.63) is 23.8 Å². The Balaban J connectivity index is 0.000000133. The van der Waals surface area contributed by atoms with Gasteiger partial charge in [0.1, 0.15) is 0 Å². The number of carboxylic acid groups (broad SMARTS) is 1. The number of rotatable bonds is 2. The molecule has 0 radical (unpaired) electrons. The highest BCUT2D eigenvalue weighted by molar-refractivity contribution is 5.88. The van der Waals surface area contributed by atoms with Gasteiger partial charge in [0, 0.05) is 5.57 Å². The monoisotopic (exact) mass is 380 g/mol. The van der Waals surface area contributed by atoms with Crippen LogP contribution in [-0.2, 0) is 4.79 Å². The molecule has 6 fully saturated rings. The van der Waals surface area contributed by atoms with Crippen LogP contribution in [0, 0.1) is 52.3 Å². The number of carbonyl (C=O) groups is 1. The molecule has 0 aromatic heterocycles. The summed E-state index contributed by atoms with van der Waals surface area (Å²) >= 11 is 0. The number of allylic oxidation sites excluding steroid dienone is 3. The molecule has 4 atom stereocenters. The summed E-state index contributed by atoms with van der Waals surface area (Å²) in [5.41, 5.74) is 2.00. The molecule has 0 spiro atoms. The number of aliphatic carboxylic acids is 1. The molecule has 0 heterocycles. The molecule has 8 rings (SSSR count). The third-order valence-corrected chi connectivity index (χ3v) is 10.8. The molecule has 4 unspecified atom stereocenters. The van der Waals surface area contributed by atoms with E-state index in [-0.39, 0.29) is 0 Å². The molecule has 0 aliphatic heterocycles. The van der Waals surface area contributed by atoms with E-state index in [1.807, 2.05) is 6.08 Å². The van der Waals surface area contributed by atoms with Gasteiger partial charge in [0.05, 0.1) is 0 Å². The van der Waals surface area contributed by atoms with Crippen LogP contribution in [0.5, 0.6) is 0 Å². The zero-order valence-corrected chi connectivity index (χ0v) is 17.4. The molecule has 1 N–H and O–H groups in total. The van der Waals surface area contributed by atoms with Gasteiger partial charge in [-0.25, -0.2) is 4.79 Å². The smallest absolute Gasteiger partial charge is 0.331 e. The number of hydrogen-bond acceptors (Lipinski definition) is 1. The van der Waals surface area contributed by atoms with Crippen molar-refractivity contribution >= 4 is 5.97 Å². The Morgan fingerprint density at radius 1 is 0.964 bits per heavy atom. The van der Waals surface area contributed by atoms with Crippen molar-refractivity contribution in [2.24, 2.45) is 52.3 Å². The van der Waals surface area contributed by atoms with Crippen LogP contribution >= 0.6 is 0 Å². The molecule has 8 bridgehead atoms. The summed E-state index contributed by atoms with van der Waals surface area (Å²) < 4.78 is 0. The molecule has 0 aromatic carbocycles. The van der Waals surface area contributed by atoms with Crippen molar-refractivity contribution in [2.75, 3.05) is 0 Å². The van der Waals surface area contributed by atoms with Crippen LogP contribution in [0.25, 0.3) is 0 Å². The van der Waals surface area contributed by atoms with Crippen LogP contribution in [0.3, 0.4) is 0 Å². The molecular weight excluding hydrogens is 344 g/mol. The minimum Gasteiger partial charge on any atom is -0.478 e. The molecule has 28 heavy (non-hydrogen) atoms. The zero-order valence-electron chi connectivity index (χ0n) is 17.4. The summed E-state index contributed by atoms with van der Waals surface area (Å²) in [5, 5.41) is 8.67. The van der Waals surface area contributed by atoms with E-state index in [2.05, 4.69) is 19.1 Å². The first-order valence-electron chi connectivity index (χ1n) is 12.1. The Bertz CT molecular complexity index is 718. The Kier molecular flexibility index (Phi) is 3.80. The van der Waals surface area contributed by atoms with Crippen LogP contribution in [0.15, 0.2) is 23.8 Å². The summed E-state index contributed by atoms with van der Waals surface area (Å²) in [6.07, 6.45) is 23.1. The first-order valence-corrected chi connectivity index (χ1v) is 12.1. The van der Waals surface area contributed by atoms with Gasteiger partial charge in [0.25, 0.3) is 0 Å². The molecule has 0 aromatic rings. The molecule has 8 aliphatic carbocycles. The van der Waals surface area contributed by atoms with Crippen LogP contribution in [-0.4, -0.2) is 11.1 Å². The normalized spacial score (nSPS) is 54.0. The van der Waals surface area contributed by atoms with Crippen LogP contribution in [0.2, 0.25) is 0 Å². The van der Waals surface area contributed by atoms with E-state index in [0.29, 0.717) is 28.2 Å². The first kappa shape index (κ1) is 17.8. The molecule has 2 heteroatoms. The second kappa shape index (κ2) is 5.99. The van der Waals surface area contributed by atoms with E-state index in [0.717, 1.165) is 42.4 Å². The largest absolute Gasteiger partial charge is 0.478 e.